The van der Waals surface area contributed by atoms with Crippen molar-refractivity contribution < 1.29 is 4.84 Å². The van der Waals surface area contributed by atoms with E-state index < -0.39 is 0 Å². The van der Waals surface area contributed by atoms with Crippen LogP contribution in [-0.4, -0.2) is 6.61 Å². The van der Waals surface area contributed by atoms with Gasteiger partial charge in [-0.05, 0) is 54.6 Å². The zero-order valence-corrected chi connectivity index (χ0v) is 11.6. The largest absolute Gasteiger partial charge is 0.304 e. The molecule has 18 heavy (non-hydrogen) atoms. The van der Waals surface area contributed by atoms with Gasteiger partial charge in [0.15, 0.2) is 0 Å². The van der Waals surface area contributed by atoms with Crippen LogP contribution in [0.25, 0.3) is 0 Å². The van der Waals surface area contributed by atoms with E-state index in [-0.39, 0.29) is 0 Å². The lowest BCUT2D eigenvalue weighted by Gasteiger charge is -2.35. The van der Waals surface area contributed by atoms with Crippen LogP contribution in [0, 0.1) is 5.41 Å². The normalized spacial score (nSPS) is 19.9. The number of nitrogens with two attached hydrogens (primary N) is 1. The van der Waals surface area contributed by atoms with Crippen LogP contribution in [0.4, 0.5) is 0 Å². The van der Waals surface area contributed by atoms with Crippen LogP contribution in [0.3, 0.4) is 0 Å². The molecule has 1 fully saturated rings. The quantitative estimate of drug-likeness (QED) is 0.821. The first kappa shape index (κ1) is 13.6. The van der Waals surface area contributed by atoms with Gasteiger partial charge in [-0.15, -0.1) is 0 Å². The van der Waals surface area contributed by atoms with Crippen molar-refractivity contribution in [3.63, 3.8) is 0 Å². The van der Waals surface area contributed by atoms with Gasteiger partial charge >= 0.3 is 0 Å². The Bertz CT molecular complexity index is 376. The minimum absolute atomic E-state index is 0.534. The molecule has 0 bridgehead atoms. The van der Waals surface area contributed by atoms with Crippen LogP contribution < -0.4 is 5.90 Å². The highest BCUT2D eigenvalue weighted by molar-refractivity contribution is 5.31. The Morgan fingerprint density at radius 3 is 2.56 bits per heavy atom. The Morgan fingerprint density at radius 1 is 1.22 bits per heavy atom. The number of hydrogen-bond donors (Lipinski definition) is 1. The van der Waals surface area contributed by atoms with Gasteiger partial charge in [0, 0.05) is 0 Å². The summed E-state index contributed by atoms with van der Waals surface area (Å²) in [5, 5.41) is 0. The first-order valence-corrected chi connectivity index (χ1v) is 7.02. The summed E-state index contributed by atoms with van der Waals surface area (Å²) in [6, 6.07) is 8.77. The second kappa shape index (κ2) is 5.85. The van der Waals surface area contributed by atoms with Gasteiger partial charge < -0.3 is 4.84 Å². The summed E-state index contributed by atoms with van der Waals surface area (Å²) in [5.74, 6) is 5.87. The third-order valence-electron chi connectivity index (χ3n) is 4.32. The molecule has 0 heterocycles. The van der Waals surface area contributed by atoms with Gasteiger partial charge in [0.25, 0.3) is 0 Å². The standard InChI is InChI=1S/C16H25NO/c1-16(2)10-7-14(8-11-16)15-6-4-3-5-13(15)9-12-18-17/h3-6,14H,7-12,17H2,1-2H3. The maximum atomic E-state index is 5.14. The van der Waals surface area contributed by atoms with Crippen LogP contribution >= 0.6 is 0 Å². The maximum Gasteiger partial charge on any atom is 0.0719 e. The molecule has 100 valence electrons. The van der Waals surface area contributed by atoms with Crippen molar-refractivity contribution in [1.82, 2.24) is 0 Å². The van der Waals surface area contributed by atoms with E-state index >= 15 is 0 Å². The number of benzene rings is 1. The van der Waals surface area contributed by atoms with Crippen LogP contribution in [0.1, 0.15) is 56.6 Å². The van der Waals surface area contributed by atoms with Gasteiger partial charge in [0.2, 0.25) is 0 Å². The molecule has 0 atom stereocenters. The molecule has 2 N–H and O–H groups in total. The molecule has 1 aliphatic rings. The third-order valence-corrected chi connectivity index (χ3v) is 4.32. The molecule has 0 saturated heterocycles. The molecular weight excluding hydrogens is 222 g/mol. The van der Waals surface area contributed by atoms with Gasteiger partial charge in [0.05, 0.1) is 6.61 Å². The SMILES string of the molecule is CC1(C)CCC(c2ccccc2CCON)CC1. The summed E-state index contributed by atoms with van der Waals surface area (Å²) in [5.41, 5.74) is 3.46. The second-order valence-electron chi connectivity index (χ2n) is 6.26. The molecule has 0 aromatic heterocycles. The van der Waals surface area contributed by atoms with Crippen LogP contribution in [0.15, 0.2) is 24.3 Å². The molecule has 2 nitrogen and oxygen atoms in total. The van der Waals surface area contributed by atoms with Crippen LogP contribution in [0.5, 0.6) is 0 Å². The van der Waals surface area contributed by atoms with Gasteiger partial charge in [-0.3, -0.25) is 0 Å². The molecule has 2 heteroatoms. The molecule has 1 aliphatic carbocycles. The molecular formula is C16H25NO. The van der Waals surface area contributed by atoms with E-state index in [9.17, 15) is 0 Å². The van der Waals surface area contributed by atoms with E-state index in [0.29, 0.717) is 12.0 Å². The lowest BCUT2D eigenvalue weighted by molar-refractivity contribution is 0.141. The summed E-state index contributed by atoms with van der Waals surface area (Å²) in [6.07, 6.45) is 6.21. The van der Waals surface area contributed by atoms with E-state index in [0.717, 1.165) is 12.3 Å². The summed E-state index contributed by atoms with van der Waals surface area (Å²) < 4.78 is 0. The topological polar surface area (TPSA) is 35.2 Å². The minimum Gasteiger partial charge on any atom is -0.304 e. The van der Waals surface area contributed by atoms with Gasteiger partial charge in [0.1, 0.15) is 0 Å². The van der Waals surface area contributed by atoms with Gasteiger partial charge in [-0.1, -0.05) is 38.1 Å². The predicted octanol–water partition coefficient (Wildman–Crippen LogP) is 3.80. The van der Waals surface area contributed by atoms with Crippen molar-refractivity contribution in [2.45, 2.75) is 51.9 Å². The van der Waals surface area contributed by atoms with E-state index in [1.165, 1.54) is 36.8 Å². The molecule has 1 aromatic rings. The first-order chi connectivity index (χ1) is 8.62. The highest BCUT2D eigenvalue weighted by Crippen LogP contribution is 2.43. The summed E-state index contributed by atoms with van der Waals surface area (Å²) >= 11 is 0. The summed E-state index contributed by atoms with van der Waals surface area (Å²) in [4.78, 5) is 4.72. The monoisotopic (exact) mass is 247 g/mol. The van der Waals surface area contributed by atoms with Gasteiger partial charge in [-0.25, -0.2) is 5.90 Å². The molecule has 0 aliphatic heterocycles. The molecule has 0 radical (unpaired) electrons. The Labute approximate surface area is 110 Å². The van der Waals surface area contributed by atoms with E-state index in [1.807, 2.05) is 0 Å². The van der Waals surface area contributed by atoms with E-state index in [1.54, 1.807) is 0 Å². The fourth-order valence-corrected chi connectivity index (χ4v) is 3.04. The Morgan fingerprint density at radius 2 is 1.89 bits per heavy atom. The molecule has 0 spiro atoms. The van der Waals surface area contributed by atoms with Crippen molar-refractivity contribution >= 4 is 0 Å². The Hall–Kier alpha value is -0.860. The van der Waals surface area contributed by atoms with Crippen molar-refractivity contribution in [3.05, 3.63) is 35.4 Å². The minimum atomic E-state index is 0.534. The lowest BCUT2D eigenvalue weighted by Crippen LogP contribution is -2.21. The summed E-state index contributed by atoms with van der Waals surface area (Å²) in [7, 11) is 0. The smallest absolute Gasteiger partial charge is 0.0719 e. The summed E-state index contributed by atoms with van der Waals surface area (Å²) in [6.45, 7) is 5.38. The van der Waals surface area contributed by atoms with E-state index in [2.05, 4.69) is 38.1 Å². The average Bonchev–Trinajstić information content (AvgIpc) is 2.37. The predicted molar refractivity (Wildman–Crippen MR) is 75.3 cm³/mol. The molecule has 0 unspecified atom stereocenters. The number of rotatable bonds is 4. The highest BCUT2D eigenvalue weighted by atomic mass is 16.6. The Balaban J connectivity index is 2.08. The fraction of sp³-hybridized carbons (Fsp3) is 0.625. The number of hydrogen-bond acceptors (Lipinski definition) is 2. The van der Waals surface area contributed by atoms with Crippen molar-refractivity contribution in [3.8, 4) is 0 Å². The zero-order valence-electron chi connectivity index (χ0n) is 11.6. The average molecular weight is 247 g/mol. The molecule has 1 aromatic carbocycles. The Kier molecular flexibility index (Phi) is 4.41. The van der Waals surface area contributed by atoms with Crippen molar-refractivity contribution in [2.75, 3.05) is 6.61 Å². The zero-order chi connectivity index (χ0) is 13.0. The second-order valence-corrected chi connectivity index (χ2v) is 6.26. The first-order valence-electron chi connectivity index (χ1n) is 7.02. The van der Waals surface area contributed by atoms with Crippen molar-refractivity contribution in [1.29, 1.82) is 0 Å². The lowest BCUT2D eigenvalue weighted by atomic mass is 9.70. The van der Waals surface area contributed by atoms with Crippen molar-refractivity contribution in [2.24, 2.45) is 11.3 Å². The third kappa shape index (κ3) is 3.33. The highest BCUT2D eigenvalue weighted by Gasteiger charge is 2.28. The molecule has 1 saturated carbocycles. The molecule has 0 amide bonds. The van der Waals surface area contributed by atoms with E-state index in [4.69, 9.17) is 10.7 Å². The molecule has 2 rings (SSSR count). The maximum absolute atomic E-state index is 5.14. The van der Waals surface area contributed by atoms with Crippen LogP contribution in [-0.2, 0) is 11.3 Å². The van der Waals surface area contributed by atoms with Crippen LogP contribution in [0.2, 0.25) is 0 Å². The van der Waals surface area contributed by atoms with Gasteiger partial charge in [-0.2, -0.15) is 0 Å². The fourth-order valence-electron chi connectivity index (χ4n) is 3.04.